The molecule has 1 aliphatic carbocycles. The number of nitrogens with zero attached hydrogens (tertiary/aromatic N) is 2. The van der Waals surface area contributed by atoms with E-state index in [4.69, 9.17) is 21.1 Å². The highest BCUT2D eigenvalue weighted by Gasteiger charge is 2.25. The first-order chi connectivity index (χ1) is 16.1. The number of hydrazine groups is 1. The molecule has 5 rings (SSSR count). The number of rotatable bonds is 3. The summed E-state index contributed by atoms with van der Waals surface area (Å²) in [5.74, 6) is 0.194. The van der Waals surface area contributed by atoms with Crippen LogP contribution in [-0.2, 0) is 12.8 Å². The molecule has 0 spiro atoms. The number of aromatic nitrogens is 2. The van der Waals surface area contributed by atoms with Crippen LogP contribution in [0.4, 0.5) is 0 Å². The molecule has 3 aromatic rings. The number of benzene rings is 2. The number of carbonyl (C=O) groups excluding carboxylic acids is 2. The maximum Gasteiger partial charge on any atom is 0.290 e. The number of hydrogen-bond acceptors (Lipinski definition) is 5. The van der Waals surface area contributed by atoms with Gasteiger partial charge in [-0.05, 0) is 68.1 Å². The summed E-state index contributed by atoms with van der Waals surface area (Å²) in [6.45, 7) is 0.901. The van der Waals surface area contributed by atoms with Gasteiger partial charge in [0.2, 0.25) is 0 Å². The number of hydrogen-bond donors (Lipinski definition) is 2. The van der Waals surface area contributed by atoms with Crippen LogP contribution in [0.25, 0.3) is 5.69 Å². The van der Waals surface area contributed by atoms with Crippen LogP contribution in [0.5, 0.6) is 11.5 Å². The van der Waals surface area contributed by atoms with Crippen molar-refractivity contribution in [2.45, 2.75) is 32.1 Å². The van der Waals surface area contributed by atoms with E-state index in [0.29, 0.717) is 41.0 Å². The van der Waals surface area contributed by atoms with Gasteiger partial charge in [-0.1, -0.05) is 18.0 Å². The van der Waals surface area contributed by atoms with Crippen molar-refractivity contribution >= 4 is 23.4 Å². The average Bonchev–Trinajstić information content (AvgIpc) is 3.03. The smallest absolute Gasteiger partial charge is 0.290 e. The van der Waals surface area contributed by atoms with Crippen LogP contribution >= 0.6 is 11.6 Å². The molecule has 0 saturated heterocycles. The van der Waals surface area contributed by atoms with E-state index in [1.807, 2.05) is 16.8 Å². The molecule has 2 aromatic carbocycles. The van der Waals surface area contributed by atoms with Gasteiger partial charge in [-0.25, -0.2) is 4.68 Å². The molecule has 2 aliphatic rings. The van der Waals surface area contributed by atoms with Crippen LogP contribution in [0.15, 0.2) is 42.5 Å². The normalized spacial score (nSPS) is 14.7. The molecule has 9 heteroatoms. The predicted octanol–water partition coefficient (Wildman–Crippen LogP) is 3.64. The summed E-state index contributed by atoms with van der Waals surface area (Å²) in [5.41, 5.74) is 8.47. The summed E-state index contributed by atoms with van der Waals surface area (Å²) in [6.07, 6.45) is 4.72. The van der Waals surface area contributed by atoms with Crippen LogP contribution in [0, 0.1) is 0 Å². The first kappa shape index (κ1) is 21.3. The first-order valence-electron chi connectivity index (χ1n) is 11.0. The number of ether oxygens (including phenoxy) is 2. The molecule has 0 radical (unpaired) electrons. The molecule has 2 N–H and O–H groups in total. The lowest BCUT2D eigenvalue weighted by atomic mass is 10.1. The van der Waals surface area contributed by atoms with Crippen LogP contribution < -0.4 is 20.3 Å². The lowest BCUT2D eigenvalue weighted by Crippen LogP contribution is -2.42. The Morgan fingerprint density at radius 2 is 1.61 bits per heavy atom. The number of carbonyl (C=O) groups is 2. The molecular formula is C24H23ClN4O4. The van der Waals surface area contributed by atoms with Gasteiger partial charge in [0.25, 0.3) is 11.8 Å². The second-order valence-electron chi connectivity index (χ2n) is 7.99. The maximum absolute atomic E-state index is 13.0. The van der Waals surface area contributed by atoms with Gasteiger partial charge in [-0.3, -0.25) is 20.4 Å². The van der Waals surface area contributed by atoms with Crippen molar-refractivity contribution in [1.82, 2.24) is 20.6 Å². The average molecular weight is 467 g/mol. The number of nitrogens with one attached hydrogen (secondary N) is 2. The zero-order valence-electron chi connectivity index (χ0n) is 17.9. The third-order valence-electron chi connectivity index (χ3n) is 5.81. The first-order valence-corrected chi connectivity index (χ1v) is 11.3. The van der Waals surface area contributed by atoms with Crippen LogP contribution in [-0.4, -0.2) is 34.8 Å². The Kier molecular flexibility index (Phi) is 5.92. The number of amides is 2. The largest absolute Gasteiger partial charge is 0.486 e. The topological polar surface area (TPSA) is 94.5 Å². The quantitative estimate of drug-likeness (QED) is 0.454. The van der Waals surface area contributed by atoms with Gasteiger partial charge in [0, 0.05) is 21.8 Å². The summed E-state index contributed by atoms with van der Waals surface area (Å²) in [6, 6.07) is 12.3. The highest BCUT2D eigenvalue weighted by atomic mass is 35.5. The Bertz CT molecular complexity index is 1210. The molecule has 0 saturated carbocycles. The second kappa shape index (κ2) is 9.15. The van der Waals surface area contributed by atoms with Crippen molar-refractivity contribution < 1.29 is 19.1 Å². The fraction of sp³-hybridized carbons (Fsp3) is 0.292. The minimum Gasteiger partial charge on any atom is -0.486 e. The van der Waals surface area contributed by atoms with E-state index in [-0.39, 0.29) is 0 Å². The third kappa shape index (κ3) is 4.39. The molecule has 8 nitrogen and oxygen atoms in total. The highest BCUT2D eigenvalue weighted by molar-refractivity contribution is 6.30. The van der Waals surface area contributed by atoms with Crippen molar-refractivity contribution in [1.29, 1.82) is 0 Å². The van der Waals surface area contributed by atoms with Gasteiger partial charge >= 0.3 is 0 Å². The fourth-order valence-corrected chi connectivity index (χ4v) is 4.31. The highest BCUT2D eigenvalue weighted by Crippen LogP contribution is 2.31. The molecule has 2 heterocycles. The summed E-state index contributed by atoms with van der Waals surface area (Å²) in [4.78, 5) is 25.6. The van der Waals surface area contributed by atoms with Gasteiger partial charge < -0.3 is 9.47 Å². The SMILES string of the molecule is O=C(NNC(=O)c1nn(-c2ccc(Cl)cc2)c2c1CCCCC2)c1ccc2c(c1)OCCO2. The maximum atomic E-state index is 13.0. The van der Waals surface area contributed by atoms with E-state index in [2.05, 4.69) is 16.0 Å². The Morgan fingerprint density at radius 1 is 0.879 bits per heavy atom. The Hall–Kier alpha value is -3.52. The summed E-state index contributed by atoms with van der Waals surface area (Å²) >= 11 is 6.04. The number of halogens is 1. The van der Waals surface area contributed by atoms with Crippen molar-refractivity contribution in [3.05, 3.63) is 70.0 Å². The minimum atomic E-state index is -0.455. The predicted molar refractivity (Wildman–Crippen MR) is 122 cm³/mol. The molecule has 0 atom stereocenters. The van der Waals surface area contributed by atoms with Crippen molar-refractivity contribution in [2.24, 2.45) is 0 Å². The van der Waals surface area contributed by atoms with E-state index in [0.717, 1.165) is 49.0 Å². The van der Waals surface area contributed by atoms with Crippen LogP contribution in [0.1, 0.15) is 51.4 Å². The van der Waals surface area contributed by atoms with Gasteiger partial charge in [-0.15, -0.1) is 0 Å². The summed E-state index contributed by atoms with van der Waals surface area (Å²) in [5, 5.41) is 5.25. The van der Waals surface area contributed by atoms with E-state index < -0.39 is 11.8 Å². The Morgan fingerprint density at radius 3 is 2.42 bits per heavy atom. The second-order valence-corrected chi connectivity index (χ2v) is 8.43. The van der Waals surface area contributed by atoms with Gasteiger partial charge in [-0.2, -0.15) is 5.10 Å². The lowest BCUT2D eigenvalue weighted by molar-refractivity contribution is 0.0842. The fourth-order valence-electron chi connectivity index (χ4n) is 4.18. The summed E-state index contributed by atoms with van der Waals surface area (Å²) in [7, 11) is 0. The van der Waals surface area contributed by atoms with Crippen molar-refractivity contribution in [3.63, 3.8) is 0 Å². The standard InChI is InChI=1S/C24H23ClN4O4/c25-16-7-9-17(10-8-16)29-19-5-3-1-2-4-18(19)22(28-29)24(31)27-26-23(30)15-6-11-20-21(14-15)33-13-12-32-20/h6-11,14H,1-5,12-13H2,(H,26,30)(H,27,31). The molecule has 170 valence electrons. The molecule has 1 aromatic heterocycles. The number of fused-ring (bicyclic) bond motifs is 2. The molecule has 0 bridgehead atoms. The van der Waals surface area contributed by atoms with E-state index in [1.165, 1.54) is 0 Å². The molecular weight excluding hydrogens is 444 g/mol. The molecule has 2 amide bonds. The van der Waals surface area contributed by atoms with Gasteiger partial charge in [0.15, 0.2) is 17.2 Å². The van der Waals surface area contributed by atoms with Crippen molar-refractivity contribution in [3.8, 4) is 17.2 Å². The van der Waals surface area contributed by atoms with E-state index >= 15 is 0 Å². The minimum absolute atomic E-state index is 0.323. The zero-order chi connectivity index (χ0) is 22.8. The zero-order valence-corrected chi connectivity index (χ0v) is 18.7. The molecule has 33 heavy (non-hydrogen) atoms. The van der Waals surface area contributed by atoms with E-state index in [9.17, 15) is 9.59 Å². The van der Waals surface area contributed by atoms with Crippen molar-refractivity contribution in [2.75, 3.05) is 13.2 Å². The van der Waals surface area contributed by atoms with E-state index in [1.54, 1.807) is 30.3 Å². The summed E-state index contributed by atoms with van der Waals surface area (Å²) < 4.78 is 12.8. The van der Waals surface area contributed by atoms with Gasteiger partial charge in [0.1, 0.15) is 13.2 Å². The van der Waals surface area contributed by atoms with Crippen LogP contribution in [0.2, 0.25) is 5.02 Å². The molecule has 0 unspecified atom stereocenters. The third-order valence-corrected chi connectivity index (χ3v) is 6.06. The monoisotopic (exact) mass is 466 g/mol. The Labute approximate surface area is 195 Å². The Balaban J connectivity index is 1.36. The van der Waals surface area contributed by atoms with Gasteiger partial charge in [0.05, 0.1) is 5.69 Å². The lowest BCUT2D eigenvalue weighted by Gasteiger charge is -2.18. The molecule has 1 aliphatic heterocycles. The molecule has 0 fully saturated rings. The van der Waals surface area contributed by atoms with Crippen LogP contribution in [0.3, 0.4) is 0 Å².